The summed E-state index contributed by atoms with van der Waals surface area (Å²) in [7, 11) is -3.95. The molecule has 0 aliphatic carbocycles. The molecule has 0 saturated heterocycles. The molecule has 7 nitrogen and oxygen atoms in total. The highest BCUT2D eigenvalue weighted by molar-refractivity contribution is 7.92. The van der Waals surface area contributed by atoms with Crippen molar-refractivity contribution in [2.24, 2.45) is 0 Å². The zero-order valence-corrected chi connectivity index (χ0v) is 15.7. The highest BCUT2D eigenvalue weighted by atomic mass is 35.5. The standard InChI is InChI=1S/C18H13ClFN5O2S/c19-14-9-11(25-28(26,27)12-3-1-2-10(20)8-12)4-5-13(14)15-6-7-16-17(22-15)18(21)24-23-16/h1-9,25H,(H3,21,23,24). The molecule has 2 aromatic heterocycles. The molecule has 0 amide bonds. The van der Waals surface area contributed by atoms with E-state index in [-0.39, 0.29) is 21.4 Å². The second kappa shape index (κ2) is 6.77. The molecule has 2 aromatic carbocycles. The van der Waals surface area contributed by atoms with Crippen LogP contribution in [-0.2, 0) is 10.0 Å². The highest BCUT2D eigenvalue weighted by Gasteiger charge is 2.16. The van der Waals surface area contributed by atoms with Crippen LogP contribution in [-0.4, -0.2) is 23.6 Å². The number of nitrogen functional groups attached to an aromatic ring is 1. The zero-order valence-electron chi connectivity index (χ0n) is 14.1. The number of fused-ring (bicyclic) bond motifs is 1. The van der Waals surface area contributed by atoms with Crippen LogP contribution < -0.4 is 10.5 Å². The summed E-state index contributed by atoms with van der Waals surface area (Å²) in [6.07, 6.45) is 0. The van der Waals surface area contributed by atoms with Crippen LogP contribution in [0.3, 0.4) is 0 Å². The van der Waals surface area contributed by atoms with Gasteiger partial charge >= 0.3 is 0 Å². The van der Waals surface area contributed by atoms with Crippen LogP contribution in [0.4, 0.5) is 15.9 Å². The second-order valence-corrected chi connectivity index (χ2v) is 8.05. The van der Waals surface area contributed by atoms with E-state index in [0.717, 1.165) is 6.07 Å². The number of pyridine rings is 1. The van der Waals surface area contributed by atoms with Gasteiger partial charge in [-0.15, -0.1) is 0 Å². The molecule has 4 aromatic rings. The molecule has 0 atom stereocenters. The number of aromatic amines is 1. The minimum Gasteiger partial charge on any atom is -0.380 e. The number of benzene rings is 2. The number of hydrogen-bond acceptors (Lipinski definition) is 5. The molecular formula is C18H13ClFN5O2S. The summed E-state index contributed by atoms with van der Waals surface area (Å²) in [4.78, 5) is 4.26. The maximum Gasteiger partial charge on any atom is 0.261 e. The Morgan fingerprint density at radius 1 is 1.11 bits per heavy atom. The third kappa shape index (κ3) is 3.37. The first-order valence-corrected chi connectivity index (χ1v) is 9.88. The van der Waals surface area contributed by atoms with Gasteiger partial charge in [0.05, 0.1) is 26.8 Å². The molecule has 4 rings (SSSR count). The molecule has 0 spiro atoms. The van der Waals surface area contributed by atoms with E-state index in [1.54, 1.807) is 24.3 Å². The summed E-state index contributed by atoms with van der Waals surface area (Å²) < 4.78 is 40.5. The first kappa shape index (κ1) is 18.2. The summed E-state index contributed by atoms with van der Waals surface area (Å²) >= 11 is 6.34. The maximum absolute atomic E-state index is 13.3. The number of rotatable bonds is 4. The number of nitrogens with zero attached hydrogens (tertiary/aromatic N) is 2. The minimum absolute atomic E-state index is 0.185. The summed E-state index contributed by atoms with van der Waals surface area (Å²) in [6, 6.07) is 12.9. The lowest BCUT2D eigenvalue weighted by molar-refractivity contribution is 0.595. The van der Waals surface area contributed by atoms with E-state index < -0.39 is 15.8 Å². The molecule has 0 bridgehead atoms. The van der Waals surface area contributed by atoms with E-state index in [9.17, 15) is 12.8 Å². The van der Waals surface area contributed by atoms with Crippen molar-refractivity contribution in [3.63, 3.8) is 0 Å². The molecule has 0 unspecified atom stereocenters. The number of nitrogens with two attached hydrogens (primary N) is 1. The van der Waals surface area contributed by atoms with Gasteiger partial charge in [0.25, 0.3) is 10.0 Å². The van der Waals surface area contributed by atoms with Crippen molar-refractivity contribution in [1.82, 2.24) is 15.2 Å². The summed E-state index contributed by atoms with van der Waals surface area (Å²) in [6.45, 7) is 0. The minimum atomic E-state index is -3.95. The van der Waals surface area contributed by atoms with Gasteiger partial charge in [-0.25, -0.2) is 17.8 Å². The second-order valence-electron chi connectivity index (χ2n) is 5.96. The Morgan fingerprint density at radius 2 is 1.93 bits per heavy atom. The van der Waals surface area contributed by atoms with E-state index in [0.29, 0.717) is 22.3 Å². The first-order valence-electron chi connectivity index (χ1n) is 8.02. The van der Waals surface area contributed by atoms with Crippen LogP contribution in [0.2, 0.25) is 5.02 Å². The number of sulfonamides is 1. The monoisotopic (exact) mass is 417 g/mol. The predicted molar refractivity (Wildman–Crippen MR) is 106 cm³/mol. The number of aromatic nitrogens is 3. The van der Waals surface area contributed by atoms with Crippen molar-refractivity contribution in [3.8, 4) is 11.3 Å². The largest absolute Gasteiger partial charge is 0.380 e. The predicted octanol–water partition coefficient (Wildman–Crippen LogP) is 3.80. The summed E-state index contributed by atoms with van der Waals surface area (Å²) in [5.74, 6) is -0.372. The van der Waals surface area contributed by atoms with E-state index in [1.807, 2.05) is 0 Å². The van der Waals surface area contributed by atoms with Crippen LogP contribution in [0.15, 0.2) is 59.5 Å². The molecule has 2 heterocycles. The van der Waals surface area contributed by atoms with Gasteiger partial charge in [0, 0.05) is 5.56 Å². The van der Waals surface area contributed by atoms with Crippen molar-refractivity contribution in [3.05, 3.63) is 65.4 Å². The Hall–Kier alpha value is -3.17. The Balaban J connectivity index is 1.66. The number of nitrogens with one attached hydrogen (secondary N) is 2. The molecule has 142 valence electrons. The van der Waals surface area contributed by atoms with E-state index in [1.165, 1.54) is 24.3 Å². The first-order chi connectivity index (χ1) is 13.3. The van der Waals surface area contributed by atoms with Crippen molar-refractivity contribution in [2.75, 3.05) is 10.5 Å². The average Bonchev–Trinajstić information content (AvgIpc) is 3.02. The lowest BCUT2D eigenvalue weighted by Crippen LogP contribution is -2.13. The maximum atomic E-state index is 13.3. The third-order valence-corrected chi connectivity index (χ3v) is 5.73. The van der Waals surface area contributed by atoms with Gasteiger partial charge in [0.2, 0.25) is 0 Å². The average molecular weight is 418 g/mol. The smallest absolute Gasteiger partial charge is 0.261 e. The summed E-state index contributed by atoms with van der Waals surface area (Å²) in [5.41, 5.74) is 8.38. The Labute approximate surface area is 164 Å². The van der Waals surface area contributed by atoms with Gasteiger partial charge in [0.15, 0.2) is 5.82 Å². The molecule has 0 fully saturated rings. The molecule has 0 saturated carbocycles. The summed E-state index contributed by atoms with van der Waals surface area (Å²) in [5, 5.41) is 6.94. The Bertz CT molecular complexity index is 1310. The van der Waals surface area contributed by atoms with E-state index in [2.05, 4.69) is 19.9 Å². The fourth-order valence-corrected chi connectivity index (χ4v) is 4.06. The van der Waals surface area contributed by atoms with Crippen LogP contribution in [0, 0.1) is 5.82 Å². The number of halogens is 2. The lowest BCUT2D eigenvalue weighted by Gasteiger charge is -2.10. The molecule has 10 heteroatoms. The van der Waals surface area contributed by atoms with Crippen LogP contribution in [0.5, 0.6) is 0 Å². The van der Waals surface area contributed by atoms with Crippen LogP contribution in [0.1, 0.15) is 0 Å². The van der Waals surface area contributed by atoms with Gasteiger partial charge in [-0.1, -0.05) is 17.7 Å². The number of anilines is 2. The van der Waals surface area contributed by atoms with Crippen molar-refractivity contribution >= 4 is 44.2 Å². The van der Waals surface area contributed by atoms with Crippen molar-refractivity contribution in [2.45, 2.75) is 4.90 Å². The van der Waals surface area contributed by atoms with Gasteiger partial charge in [-0.3, -0.25) is 9.82 Å². The molecule has 4 N–H and O–H groups in total. The van der Waals surface area contributed by atoms with Gasteiger partial charge in [-0.05, 0) is 48.5 Å². The van der Waals surface area contributed by atoms with Gasteiger partial charge in [0.1, 0.15) is 11.3 Å². The quantitative estimate of drug-likeness (QED) is 0.467. The molecule has 0 radical (unpaired) electrons. The van der Waals surface area contributed by atoms with Gasteiger partial charge in [-0.2, -0.15) is 5.10 Å². The van der Waals surface area contributed by atoms with Crippen molar-refractivity contribution in [1.29, 1.82) is 0 Å². The lowest BCUT2D eigenvalue weighted by atomic mass is 10.1. The Kier molecular flexibility index (Phi) is 4.40. The normalized spacial score (nSPS) is 11.6. The fraction of sp³-hybridized carbons (Fsp3) is 0. The Morgan fingerprint density at radius 3 is 2.68 bits per heavy atom. The molecule has 28 heavy (non-hydrogen) atoms. The molecule has 0 aliphatic heterocycles. The fourth-order valence-electron chi connectivity index (χ4n) is 2.70. The number of H-pyrrole nitrogens is 1. The zero-order chi connectivity index (χ0) is 19.9. The topological polar surface area (TPSA) is 114 Å². The molecule has 0 aliphatic rings. The van der Waals surface area contributed by atoms with Crippen LogP contribution in [0.25, 0.3) is 22.3 Å². The van der Waals surface area contributed by atoms with Crippen LogP contribution >= 0.6 is 11.6 Å². The van der Waals surface area contributed by atoms with Crippen molar-refractivity contribution < 1.29 is 12.8 Å². The van der Waals surface area contributed by atoms with E-state index >= 15 is 0 Å². The highest BCUT2D eigenvalue weighted by Crippen LogP contribution is 2.31. The SMILES string of the molecule is Nc1n[nH]c2ccc(-c3ccc(NS(=O)(=O)c4cccc(F)c4)cc3Cl)nc12. The molecular weight excluding hydrogens is 405 g/mol. The number of hydrogen-bond donors (Lipinski definition) is 3. The van der Waals surface area contributed by atoms with Gasteiger partial charge < -0.3 is 5.73 Å². The van der Waals surface area contributed by atoms with E-state index in [4.69, 9.17) is 17.3 Å². The third-order valence-electron chi connectivity index (χ3n) is 4.04.